The molecule has 34 heavy (non-hydrogen) atoms. The number of hydrogen-bond acceptors (Lipinski definition) is 3. The van der Waals surface area contributed by atoms with Gasteiger partial charge in [0, 0.05) is 13.0 Å². The number of benzene rings is 2. The second kappa shape index (κ2) is 12.7. The zero-order valence-electron chi connectivity index (χ0n) is 20.1. The zero-order valence-corrected chi connectivity index (χ0v) is 20.1. The third-order valence-corrected chi connectivity index (χ3v) is 6.06. The van der Waals surface area contributed by atoms with Gasteiger partial charge in [-0.2, -0.15) is 5.10 Å². The Morgan fingerprint density at radius 1 is 1.03 bits per heavy atom. The number of aromatic carboxylic acids is 1. The van der Waals surface area contributed by atoms with E-state index in [1.807, 2.05) is 36.4 Å². The number of carboxylic acids is 1. The monoisotopic (exact) mass is 461 g/mol. The van der Waals surface area contributed by atoms with Crippen molar-refractivity contribution in [3.05, 3.63) is 88.6 Å². The standard InChI is InChI=1S/C28H35N3O3/c1-3-5-7-8-9-10-15-26-29-31(20-6-4-2)28(34)30(26)21-22-16-18-23(19-17-22)24-13-11-12-14-25(24)27(32)33/h4,11-14,16-19H,2-3,5-10,15,20-21H2,1H3,(H,32,33). The van der Waals surface area contributed by atoms with Gasteiger partial charge in [-0.25, -0.2) is 14.3 Å². The molecule has 0 atom stereocenters. The Labute approximate surface area is 201 Å². The van der Waals surface area contributed by atoms with Crippen LogP contribution in [0.3, 0.4) is 0 Å². The minimum Gasteiger partial charge on any atom is -0.478 e. The Morgan fingerprint density at radius 3 is 2.44 bits per heavy atom. The molecule has 0 amide bonds. The molecule has 6 nitrogen and oxygen atoms in total. The van der Waals surface area contributed by atoms with E-state index in [9.17, 15) is 14.7 Å². The zero-order chi connectivity index (χ0) is 24.3. The van der Waals surface area contributed by atoms with Gasteiger partial charge in [-0.05, 0) is 35.6 Å². The van der Waals surface area contributed by atoms with Gasteiger partial charge in [0.1, 0.15) is 5.82 Å². The highest BCUT2D eigenvalue weighted by molar-refractivity contribution is 5.95. The molecule has 0 fully saturated rings. The summed E-state index contributed by atoms with van der Waals surface area (Å²) in [7, 11) is 0. The summed E-state index contributed by atoms with van der Waals surface area (Å²) in [6.07, 6.45) is 10.4. The molecular formula is C28H35N3O3. The van der Waals surface area contributed by atoms with Crippen LogP contribution in [0.25, 0.3) is 11.1 Å². The highest BCUT2D eigenvalue weighted by atomic mass is 16.4. The molecule has 180 valence electrons. The Morgan fingerprint density at radius 2 is 1.74 bits per heavy atom. The van der Waals surface area contributed by atoms with Crippen LogP contribution in [-0.4, -0.2) is 25.4 Å². The van der Waals surface area contributed by atoms with E-state index in [1.54, 1.807) is 27.5 Å². The summed E-state index contributed by atoms with van der Waals surface area (Å²) < 4.78 is 3.32. The number of carboxylic acid groups (broad SMARTS) is 1. The summed E-state index contributed by atoms with van der Waals surface area (Å²) in [4.78, 5) is 24.6. The van der Waals surface area contributed by atoms with Crippen molar-refractivity contribution in [2.45, 2.75) is 71.4 Å². The van der Waals surface area contributed by atoms with Crippen LogP contribution in [0.5, 0.6) is 0 Å². The fourth-order valence-corrected chi connectivity index (χ4v) is 4.15. The number of nitrogens with zero attached hydrogens (tertiary/aromatic N) is 3. The lowest BCUT2D eigenvalue weighted by Gasteiger charge is -2.09. The van der Waals surface area contributed by atoms with Crippen molar-refractivity contribution in [3.63, 3.8) is 0 Å². The molecule has 0 saturated heterocycles. The smallest absolute Gasteiger partial charge is 0.346 e. The number of aryl methyl sites for hydroxylation is 2. The van der Waals surface area contributed by atoms with Crippen molar-refractivity contribution in [1.82, 2.24) is 14.3 Å². The molecule has 3 aromatic rings. The lowest BCUT2D eigenvalue weighted by atomic mass is 9.99. The van der Waals surface area contributed by atoms with Gasteiger partial charge in [0.15, 0.2) is 0 Å². The lowest BCUT2D eigenvalue weighted by molar-refractivity contribution is 0.0697. The average Bonchev–Trinajstić information content (AvgIpc) is 3.14. The molecule has 1 heterocycles. The van der Waals surface area contributed by atoms with E-state index in [0.717, 1.165) is 36.2 Å². The van der Waals surface area contributed by atoms with Crippen molar-refractivity contribution in [2.75, 3.05) is 0 Å². The first-order valence-electron chi connectivity index (χ1n) is 12.2. The summed E-state index contributed by atoms with van der Waals surface area (Å²) in [6, 6.07) is 14.7. The molecule has 1 aromatic heterocycles. The van der Waals surface area contributed by atoms with E-state index >= 15 is 0 Å². The third-order valence-electron chi connectivity index (χ3n) is 6.06. The summed E-state index contributed by atoms with van der Waals surface area (Å²) in [5.74, 6) is -0.123. The van der Waals surface area contributed by atoms with E-state index in [2.05, 4.69) is 18.6 Å². The molecule has 0 aliphatic carbocycles. The van der Waals surface area contributed by atoms with Gasteiger partial charge in [0.05, 0.1) is 12.1 Å². The quantitative estimate of drug-likeness (QED) is 0.238. The van der Waals surface area contributed by atoms with E-state index in [4.69, 9.17) is 0 Å². The maximum atomic E-state index is 13.0. The summed E-state index contributed by atoms with van der Waals surface area (Å²) >= 11 is 0. The highest BCUT2D eigenvalue weighted by Gasteiger charge is 2.14. The van der Waals surface area contributed by atoms with Gasteiger partial charge >= 0.3 is 11.7 Å². The molecule has 0 bridgehead atoms. The Balaban J connectivity index is 1.78. The maximum absolute atomic E-state index is 13.0. The first kappa shape index (κ1) is 25.2. The highest BCUT2D eigenvalue weighted by Crippen LogP contribution is 2.24. The predicted molar refractivity (Wildman–Crippen MR) is 136 cm³/mol. The summed E-state index contributed by atoms with van der Waals surface area (Å²) in [5, 5.41) is 14.1. The van der Waals surface area contributed by atoms with E-state index < -0.39 is 5.97 Å². The van der Waals surface area contributed by atoms with Crippen LogP contribution in [0.15, 0.2) is 66.0 Å². The van der Waals surface area contributed by atoms with Crippen LogP contribution in [0.1, 0.15) is 73.6 Å². The van der Waals surface area contributed by atoms with Gasteiger partial charge in [-0.1, -0.05) is 87.6 Å². The Kier molecular flexibility index (Phi) is 9.44. The molecule has 1 N–H and O–H groups in total. The molecule has 0 saturated carbocycles. The number of hydrogen-bond donors (Lipinski definition) is 1. The molecule has 0 spiro atoms. The largest absolute Gasteiger partial charge is 0.478 e. The lowest BCUT2D eigenvalue weighted by Crippen LogP contribution is -2.26. The van der Waals surface area contributed by atoms with Crippen LogP contribution in [0.4, 0.5) is 0 Å². The van der Waals surface area contributed by atoms with E-state index in [1.165, 1.54) is 25.7 Å². The molecule has 0 radical (unpaired) electrons. The minimum atomic E-state index is -0.947. The van der Waals surface area contributed by atoms with Gasteiger partial charge in [0.2, 0.25) is 0 Å². The number of allylic oxidation sites excluding steroid dienone is 1. The molecule has 0 aliphatic rings. The normalized spacial score (nSPS) is 11.0. The van der Waals surface area contributed by atoms with Crippen LogP contribution < -0.4 is 5.69 Å². The van der Waals surface area contributed by atoms with Gasteiger partial charge in [-0.15, -0.1) is 6.58 Å². The first-order chi connectivity index (χ1) is 16.5. The maximum Gasteiger partial charge on any atom is 0.346 e. The summed E-state index contributed by atoms with van der Waals surface area (Å²) in [6.45, 7) is 6.94. The molecule has 6 heteroatoms. The van der Waals surface area contributed by atoms with E-state index in [-0.39, 0.29) is 11.3 Å². The number of carbonyl (C=O) groups is 1. The van der Waals surface area contributed by atoms with Gasteiger partial charge < -0.3 is 5.11 Å². The third kappa shape index (κ3) is 6.56. The topological polar surface area (TPSA) is 77.1 Å². The SMILES string of the molecule is C=CCCn1nc(CCCCCCCC)n(Cc2ccc(-c3ccccc3C(=O)O)cc2)c1=O. The fourth-order valence-electron chi connectivity index (χ4n) is 4.15. The second-order valence-corrected chi connectivity index (χ2v) is 8.65. The van der Waals surface area contributed by atoms with Gasteiger partial charge in [0.25, 0.3) is 0 Å². The fraction of sp³-hybridized carbons (Fsp3) is 0.393. The van der Waals surface area contributed by atoms with Crippen LogP contribution in [0, 0.1) is 0 Å². The predicted octanol–water partition coefficient (Wildman–Crippen LogP) is 5.94. The molecular weight excluding hydrogens is 426 g/mol. The van der Waals surface area contributed by atoms with Crippen LogP contribution >= 0.6 is 0 Å². The van der Waals surface area contributed by atoms with E-state index in [0.29, 0.717) is 25.1 Å². The first-order valence-corrected chi connectivity index (χ1v) is 12.2. The molecule has 0 aliphatic heterocycles. The number of rotatable bonds is 14. The second-order valence-electron chi connectivity index (χ2n) is 8.65. The van der Waals surface area contributed by atoms with Crippen molar-refractivity contribution < 1.29 is 9.90 Å². The minimum absolute atomic E-state index is 0.0943. The average molecular weight is 462 g/mol. The number of aromatic nitrogens is 3. The van der Waals surface area contributed by atoms with Crippen LogP contribution in [0.2, 0.25) is 0 Å². The van der Waals surface area contributed by atoms with Crippen LogP contribution in [-0.2, 0) is 19.5 Å². The molecule has 2 aromatic carbocycles. The van der Waals surface area contributed by atoms with Crippen molar-refractivity contribution in [3.8, 4) is 11.1 Å². The molecule has 0 unspecified atom stereocenters. The van der Waals surface area contributed by atoms with Gasteiger partial charge in [-0.3, -0.25) is 4.57 Å². The number of unbranched alkanes of at least 4 members (excludes halogenated alkanes) is 5. The Hall–Kier alpha value is -3.41. The van der Waals surface area contributed by atoms with Crippen molar-refractivity contribution in [1.29, 1.82) is 0 Å². The van der Waals surface area contributed by atoms with Crippen molar-refractivity contribution in [2.24, 2.45) is 0 Å². The molecule has 3 rings (SSSR count). The summed E-state index contributed by atoms with van der Waals surface area (Å²) in [5.41, 5.74) is 2.67. The Bertz CT molecular complexity index is 1140. The van der Waals surface area contributed by atoms with Crippen molar-refractivity contribution >= 4 is 5.97 Å².